The van der Waals surface area contributed by atoms with Crippen LogP contribution in [0, 0.1) is 0 Å². The van der Waals surface area contributed by atoms with E-state index in [0.29, 0.717) is 92.0 Å². The molecule has 16 heteroatoms. The second kappa shape index (κ2) is 37.5. The Morgan fingerprint density at radius 2 is 0.353 bits per heavy atom. The number of nitrogens with one attached hydrogen (secondary N) is 4. The first-order valence-corrected chi connectivity index (χ1v) is 45.4. The van der Waals surface area contributed by atoms with Crippen molar-refractivity contribution in [3.63, 3.8) is 0 Å². The van der Waals surface area contributed by atoms with E-state index in [9.17, 15) is 0 Å². The lowest BCUT2D eigenvalue weighted by atomic mass is 9.76. The van der Waals surface area contributed by atoms with Crippen LogP contribution in [0.3, 0.4) is 0 Å². The molecule has 8 bridgehead atoms. The van der Waals surface area contributed by atoms with Gasteiger partial charge in [-0.05, 0) is 49.9 Å². The Kier molecular flexibility index (Phi) is 25.4. The highest BCUT2D eigenvalue weighted by atomic mass is 16.5. The normalized spacial score (nSPS) is 16.0. The number of ether oxygens (including phenoxy) is 8. The van der Waals surface area contributed by atoms with Gasteiger partial charge in [0.25, 0.3) is 0 Å². The van der Waals surface area contributed by atoms with Crippen molar-refractivity contribution >= 4 is 44.1 Å². The molecule has 4 N–H and O–H groups in total. The van der Waals surface area contributed by atoms with Gasteiger partial charge in [-0.25, -0.2) is 19.9 Å². The number of aromatic nitrogens is 8. The van der Waals surface area contributed by atoms with Crippen molar-refractivity contribution < 1.29 is 37.9 Å². The summed E-state index contributed by atoms with van der Waals surface area (Å²) in [6, 6.07) is 35.2. The van der Waals surface area contributed by atoms with Gasteiger partial charge in [0.05, 0.1) is 69.4 Å². The van der Waals surface area contributed by atoms with Crippen LogP contribution in [-0.2, 0) is 0 Å². The largest absolute Gasteiger partial charge is 0.453 e. The summed E-state index contributed by atoms with van der Waals surface area (Å²) in [4.78, 5) is 33.2. The lowest BCUT2D eigenvalue weighted by molar-refractivity contribution is 0.401. The molecule has 0 unspecified atom stereocenters. The van der Waals surface area contributed by atoms with E-state index in [1.165, 1.54) is 154 Å². The van der Waals surface area contributed by atoms with E-state index in [4.69, 9.17) is 57.8 Å². The average Bonchev–Trinajstić information content (AvgIpc) is 1.45. The van der Waals surface area contributed by atoms with Crippen LogP contribution in [0.4, 0.5) is 0 Å². The van der Waals surface area contributed by atoms with Gasteiger partial charge in [0.15, 0.2) is 46.0 Å². The minimum absolute atomic E-state index is 0.266. The molecule has 608 valence electrons. The molecule has 8 heterocycles. The van der Waals surface area contributed by atoms with Crippen molar-refractivity contribution in [3.05, 3.63) is 167 Å². The standard InChI is InChI=1S/C100H120N8O8/c1-5-9-13-17-21-25-29-33-37-41-65-69-45-71-66(42-38-34-30-26-22-18-14-10-6-2)73-47-75-68(44-40-36-32-28-24-20-16-12-8-4)76-48-74-67(43-39-35-31-27-23-19-15-11-7-3)72-46-70(65)86-58-88(72)112-96-52-80-82(106-63-104-80)54-98(96)114-90(74)60-92(76)116-100-56-84-83(107-64-108-84)55-99(100)115-91(75)59-89(73)113-97-53-81-79(103-62-105-81)51-95(97)111-87(71)57-85(69)109-93-49-77-78(102-61-101-77)50-94(93)110-86/h45-68H,5-44H2,1-4H3,(H,101,102)(H,103,105)(H,104,106)(H,107,108)/t65-,66+,67-,68+. The lowest BCUT2D eigenvalue weighted by Crippen LogP contribution is -2.13. The first-order chi connectivity index (χ1) is 57.3. The van der Waals surface area contributed by atoms with Crippen LogP contribution in [0.15, 0.2) is 122 Å². The molecule has 0 saturated heterocycles. The Hall–Kier alpha value is -9.96. The molecule has 4 aromatic heterocycles. The topological polar surface area (TPSA) is 189 Å². The van der Waals surface area contributed by atoms with Gasteiger partial charge in [-0.15, -0.1) is 0 Å². The van der Waals surface area contributed by atoms with Crippen molar-refractivity contribution in [2.75, 3.05) is 0 Å². The molecule has 4 aliphatic heterocycles. The zero-order valence-corrected chi connectivity index (χ0v) is 69.2. The van der Waals surface area contributed by atoms with E-state index >= 15 is 0 Å². The quantitative estimate of drug-likeness (QED) is 0.0267. The Balaban J connectivity index is 0.950. The van der Waals surface area contributed by atoms with Gasteiger partial charge in [0, 0.05) is 141 Å². The second-order valence-electron chi connectivity index (χ2n) is 34.1. The van der Waals surface area contributed by atoms with Gasteiger partial charge in [0.1, 0.15) is 46.0 Å². The molecule has 12 aromatic rings. The first-order valence-electron chi connectivity index (χ1n) is 45.4. The number of rotatable bonds is 40. The first kappa shape index (κ1) is 78.6. The predicted octanol–water partition coefficient (Wildman–Crippen LogP) is 31.3. The van der Waals surface area contributed by atoms with E-state index in [0.717, 1.165) is 191 Å². The van der Waals surface area contributed by atoms with E-state index in [2.05, 4.69) is 96.2 Å². The monoisotopic (exact) mass is 1560 g/mol. The molecule has 16 nitrogen and oxygen atoms in total. The zero-order chi connectivity index (χ0) is 78.5. The van der Waals surface area contributed by atoms with Crippen molar-refractivity contribution in [1.29, 1.82) is 0 Å². The predicted molar refractivity (Wildman–Crippen MR) is 465 cm³/mol. The molecule has 1 aliphatic carbocycles. The van der Waals surface area contributed by atoms with Gasteiger partial charge in [-0.2, -0.15) is 0 Å². The van der Waals surface area contributed by atoms with Crippen LogP contribution in [0.2, 0.25) is 0 Å². The summed E-state index contributed by atoms with van der Waals surface area (Å²) in [5.41, 5.74) is 14.9. The number of unbranched alkanes of at least 4 members (excludes halogenated alkanes) is 32. The van der Waals surface area contributed by atoms with Gasteiger partial charge in [-0.1, -0.05) is 259 Å². The van der Waals surface area contributed by atoms with E-state index < -0.39 is 0 Å². The maximum absolute atomic E-state index is 7.76. The summed E-state index contributed by atoms with van der Waals surface area (Å²) in [5.74, 6) is 8.80. The molecule has 0 amide bonds. The maximum Gasteiger partial charge on any atom is 0.172 e. The SMILES string of the molecule is CCCCCCCCCCC[C@@H]1c2cc3c4cc2Oc2cc5nc[nH]c5cc2Oc2cc5c(cc21)[C@@H](CCCCCCCCCCC)c1cc2c(cc1Oc1cc6[nH]cnc6cc1O5)Oc1cc5nc[nH]c5cc1Oc1cc(c(cc1[C@@H]2CCCCCCCCCCC)[C@H]3CCCCCCCCCCC)Oc1cc2nc[nH]c2cc1O4. The summed E-state index contributed by atoms with van der Waals surface area (Å²) in [6.45, 7) is 9.22. The third kappa shape index (κ3) is 17.7. The third-order valence-corrected chi connectivity index (χ3v) is 25.7. The van der Waals surface area contributed by atoms with Crippen LogP contribution >= 0.6 is 0 Å². The highest BCUT2D eigenvalue weighted by Crippen LogP contribution is 2.60. The maximum atomic E-state index is 7.76. The van der Waals surface area contributed by atoms with E-state index in [1.54, 1.807) is 25.3 Å². The minimum atomic E-state index is -0.266. The van der Waals surface area contributed by atoms with Gasteiger partial charge in [-0.3, -0.25) is 0 Å². The van der Waals surface area contributed by atoms with E-state index in [-0.39, 0.29) is 23.7 Å². The number of H-pyrrole nitrogens is 4. The summed E-state index contributed by atoms with van der Waals surface area (Å²) in [5, 5.41) is 0. The van der Waals surface area contributed by atoms with Gasteiger partial charge < -0.3 is 57.8 Å². The number of aromatic amines is 4. The number of fused-ring (bicyclic) bond motifs is 8. The molecule has 4 atom stereocenters. The van der Waals surface area contributed by atoms with Crippen LogP contribution < -0.4 is 37.9 Å². The zero-order valence-electron chi connectivity index (χ0n) is 69.2. The Bertz CT molecular complexity index is 4430. The molecule has 0 radical (unpaired) electrons. The molecule has 116 heavy (non-hydrogen) atoms. The molecular formula is C100H120N8O8. The number of hydrogen-bond acceptors (Lipinski definition) is 12. The van der Waals surface area contributed by atoms with Crippen LogP contribution in [0.5, 0.6) is 92.0 Å². The molecule has 0 saturated carbocycles. The van der Waals surface area contributed by atoms with Gasteiger partial charge >= 0.3 is 0 Å². The Morgan fingerprint density at radius 1 is 0.190 bits per heavy atom. The summed E-state index contributed by atoms with van der Waals surface area (Å²) in [6.07, 6.45) is 53.4. The fourth-order valence-corrected chi connectivity index (χ4v) is 19.2. The van der Waals surface area contributed by atoms with Crippen LogP contribution in [0.25, 0.3) is 44.1 Å². The van der Waals surface area contributed by atoms with Gasteiger partial charge in [0.2, 0.25) is 0 Å². The minimum Gasteiger partial charge on any atom is -0.453 e. The second-order valence-corrected chi connectivity index (χ2v) is 34.1. The number of benzene rings is 8. The molecule has 0 fully saturated rings. The van der Waals surface area contributed by atoms with Crippen molar-refractivity contribution in [3.8, 4) is 92.0 Å². The van der Waals surface area contributed by atoms with Crippen LogP contribution in [-0.4, -0.2) is 39.9 Å². The molecule has 0 spiro atoms. The molecule has 5 aliphatic rings. The van der Waals surface area contributed by atoms with Crippen molar-refractivity contribution in [1.82, 2.24) is 39.9 Å². The lowest BCUT2D eigenvalue weighted by Gasteiger charge is -2.30. The molecular weight excluding hydrogens is 1440 g/mol. The summed E-state index contributed by atoms with van der Waals surface area (Å²) < 4.78 is 62.0. The number of imidazole rings is 4. The summed E-state index contributed by atoms with van der Waals surface area (Å²) in [7, 11) is 0. The van der Waals surface area contributed by atoms with Crippen LogP contribution in [0.1, 0.15) is 353 Å². The smallest absolute Gasteiger partial charge is 0.172 e. The highest BCUT2D eigenvalue weighted by molar-refractivity contribution is 5.84. The molecule has 17 rings (SSSR count). The fraction of sp³-hybridized carbons (Fsp3) is 0.480. The Morgan fingerprint density at radius 3 is 0.534 bits per heavy atom. The highest BCUT2D eigenvalue weighted by Gasteiger charge is 2.40. The third-order valence-electron chi connectivity index (χ3n) is 25.7. The molecule has 8 aromatic carbocycles. The number of hydrogen-bond donors (Lipinski definition) is 4. The van der Waals surface area contributed by atoms with Crippen molar-refractivity contribution in [2.24, 2.45) is 0 Å². The number of nitrogens with zero attached hydrogens (tertiary/aromatic N) is 4. The average molecular weight is 1560 g/mol. The summed E-state index contributed by atoms with van der Waals surface area (Å²) >= 11 is 0. The van der Waals surface area contributed by atoms with E-state index in [1.807, 2.05) is 48.5 Å². The van der Waals surface area contributed by atoms with Crippen molar-refractivity contribution in [2.45, 2.75) is 308 Å². The Labute approximate surface area is 685 Å². The fourth-order valence-electron chi connectivity index (χ4n) is 19.2.